The topological polar surface area (TPSA) is 97.6 Å². The Labute approximate surface area is 143 Å². The lowest BCUT2D eigenvalue weighted by Gasteiger charge is -2.21. The summed E-state index contributed by atoms with van der Waals surface area (Å²) in [5.41, 5.74) is 0. The van der Waals surface area contributed by atoms with Crippen LogP contribution in [-0.2, 0) is 14.8 Å². The third-order valence-corrected chi connectivity index (χ3v) is 5.26. The second-order valence-electron chi connectivity index (χ2n) is 5.03. The maximum Gasteiger partial charge on any atom is 0.346 e. The van der Waals surface area contributed by atoms with E-state index in [4.69, 9.17) is 4.74 Å². The third kappa shape index (κ3) is 4.99. The van der Waals surface area contributed by atoms with Crippen molar-refractivity contribution in [2.24, 2.45) is 0 Å². The zero-order chi connectivity index (χ0) is 18.2. The molecule has 1 aromatic rings. The zero-order valence-electron chi connectivity index (χ0n) is 14.8. The molecule has 0 fully saturated rings. The lowest BCUT2D eigenvalue weighted by molar-refractivity contribution is 0.118. The molecule has 0 N–H and O–H groups in total. The van der Waals surface area contributed by atoms with E-state index >= 15 is 0 Å². The summed E-state index contributed by atoms with van der Waals surface area (Å²) in [4.78, 5) is 17.9. The van der Waals surface area contributed by atoms with Crippen molar-refractivity contribution in [2.75, 3.05) is 39.4 Å². The molecule has 0 saturated heterocycles. The van der Waals surface area contributed by atoms with Gasteiger partial charge in [-0.1, -0.05) is 20.8 Å². The minimum absolute atomic E-state index is 0.317. The van der Waals surface area contributed by atoms with Crippen LogP contribution in [0.3, 0.4) is 0 Å². The van der Waals surface area contributed by atoms with E-state index in [-0.39, 0.29) is 5.16 Å². The van der Waals surface area contributed by atoms with Gasteiger partial charge in [-0.25, -0.2) is 18.2 Å². The van der Waals surface area contributed by atoms with E-state index in [9.17, 15) is 13.2 Å². The van der Waals surface area contributed by atoms with Gasteiger partial charge < -0.3 is 9.64 Å². The Morgan fingerprint density at radius 1 is 1.21 bits per heavy atom. The van der Waals surface area contributed by atoms with E-state index in [0.717, 1.165) is 17.4 Å². The third-order valence-electron chi connectivity index (χ3n) is 3.42. The molecule has 0 bridgehead atoms. The van der Waals surface area contributed by atoms with Crippen LogP contribution in [0, 0.1) is 0 Å². The monoisotopic (exact) mass is 361 g/mol. The molecule has 24 heavy (non-hydrogen) atoms. The van der Waals surface area contributed by atoms with Gasteiger partial charge in [-0.15, -0.1) is 5.10 Å². The Bertz CT molecular complexity index is 612. The van der Waals surface area contributed by atoms with E-state index < -0.39 is 16.1 Å². The number of hydrogen-bond acceptors (Lipinski definition) is 6. The number of aromatic nitrogens is 3. The molecular weight excluding hydrogens is 334 g/mol. The van der Waals surface area contributed by atoms with Crippen LogP contribution in [-0.4, -0.2) is 77.8 Å². The molecule has 0 atom stereocenters. The first-order valence-electron chi connectivity index (χ1n) is 8.21. The number of amides is 1. The number of rotatable bonds is 10. The van der Waals surface area contributed by atoms with Gasteiger partial charge in [0.05, 0.1) is 6.61 Å². The molecule has 0 unspecified atom stereocenters. The lowest BCUT2D eigenvalue weighted by atomic mass is 10.4. The van der Waals surface area contributed by atoms with Crippen LogP contribution in [0.4, 0.5) is 4.79 Å². The standard InChI is InChI=1S/C14H27N5O4S/c1-5-9-17(10-11-23-8-4)14(20)19-12-15-13(16-19)24(21,22)18(6-2)7-3/h12H,5-11H2,1-4H3. The van der Waals surface area contributed by atoms with Gasteiger partial charge >= 0.3 is 6.03 Å². The van der Waals surface area contributed by atoms with Crippen molar-refractivity contribution in [2.45, 2.75) is 39.3 Å². The van der Waals surface area contributed by atoms with Crippen molar-refractivity contribution in [3.63, 3.8) is 0 Å². The van der Waals surface area contributed by atoms with Crippen molar-refractivity contribution in [3.05, 3.63) is 6.33 Å². The first kappa shape index (κ1) is 20.5. The second kappa shape index (κ2) is 9.70. The summed E-state index contributed by atoms with van der Waals surface area (Å²) in [6.07, 6.45) is 1.92. The summed E-state index contributed by atoms with van der Waals surface area (Å²) < 4.78 is 32.3. The van der Waals surface area contributed by atoms with Gasteiger partial charge in [0.1, 0.15) is 6.33 Å². The Hall–Kier alpha value is -1.52. The van der Waals surface area contributed by atoms with Gasteiger partial charge in [-0.2, -0.15) is 8.99 Å². The molecule has 0 saturated carbocycles. The van der Waals surface area contributed by atoms with Crippen LogP contribution in [0.15, 0.2) is 11.5 Å². The summed E-state index contributed by atoms with van der Waals surface area (Å²) in [7, 11) is -3.78. The molecule has 1 aromatic heterocycles. The molecule has 0 aromatic carbocycles. The van der Waals surface area contributed by atoms with E-state index in [1.807, 2.05) is 13.8 Å². The van der Waals surface area contributed by atoms with Crippen molar-refractivity contribution in [1.82, 2.24) is 24.0 Å². The molecule has 9 nitrogen and oxygen atoms in total. The Balaban J connectivity index is 2.94. The largest absolute Gasteiger partial charge is 0.380 e. The van der Waals surface area contributed by atoms with Crippen LogP contribution >= 0.6 is 0 Å². The predicted octanol–water partition coefficient (Wildman–Crippen LogP) is 1.03. The van der Waals surface area contributed by atoms with Gasteiger partial charge in [0.15, 0.2) is 0 Å². The molecule has 0 aliphatic heterocycles. The first-order valence-corrected chi connectivity index (χ1v) is 9.65. The molecule has 1 amide bonds. The van der Waals surface area contributed by atoms with Gasteiger partial charge in [-0.05, 0) is 13.3 Å². The predicted molar refractivity (Wildman–Crippen MR) is 89.3 cm³/mol. The highest BCUT2D eigenvalue weighted by atomic mass is 32.2. The number of nitrogens with zero attached hydrogens (tertiary/aromatic N) is 5. The minimum atomic E-state index is -3.78. The second-order valence-corrected chi connectivity index (χ2v) is 6.86. The van der Waals surface area contributed by atoms with Crippen LogP contribution in [0.5, 0.6) is 0 Å². The highest BCUT2D eigenvalue weighted by Gasteiger charge is 2.27. The number of hydrogen-bond donors (Lipinski definition) is 0. The van der Waals surface area contributed by atoms with Crippen LogP contribution in [0.25, 0.3) is 0 Å². The normalized spacial score (nSPS) is 11.9. The summed E-state index contributed by atoms with van der Waals surface area (Å²) in [6.45, 7) is 9.88. The average Bonchev–Trinajstić information content (AvgIpc) is 3.05. The Morgan fingerprint density at radius 2 is 1.88 bits per heavy atom. The maximum absolute atomic E-state index is 12.5. The average molecular weight is 361 g/mol. The molecule has 1 heterocycles. The Kier molecular flexibility index (Phi) is 8.29. The lowest BCUT2D eigenvalue weighted by Crippen LogP contribution is -2.38. The van der Waals surface area contributed by atoms with Crippen molar-refractivity contribution in [3.8, 4) is 0 Å². The van der Waals surface area contributed by atoms with Gasteiger partial charge in [-0.3, -0.25) is 0 Å². The molecule has 138 valence electrons. The van der Waals surface area contributed by atoms with Crippen molar-refractivity contribution >= 4 is 16.1 Å². The van der Waals surface area contributed by atoms with E-state index in [1.54, 1.807) is 18.7 Å². The molecule has 10 heteroatoms. The highest BCUT2D eigenvalue weighted by molar-refractivity contribution is 7.88. The number of carbonyl (C=O) groups is 1. The number of sulfonamides is 1. The fraction of sp³-hybridized carbons (Fsp3) is 0.786. The smallest absolute Gasteiger partial charge is 0.346 e. The summed E-state index contributed by atoms with van der Waals surface area (Å²) in [5.74, 6) is 0. The van der Waals surface area contributed by atoms with E-state index in [2.05, 4.69) is 10.1 Å². The minimum Gasteiger partial charge on any atom is -0.380 e. The van der Waals surface area contributed by atoms with Crippen molar-refractivity contribution < 1.29 is 17.9 Å². The van der Waals surface area contributed by atoms with Gasteiger partial charge in [0.2, 0.25) is 0 Å². The van der Waals surface area contributed by atoms with Crippen LogP contribution < -0.4 is 0 Å². The fourth-order valence-electron chi connectivity index (χ4n) is 2.17. The molecule has 0 radical (unpaired) electrons. The maximum atomic E-state index is 12.5. The number of carbonyl (C=O) groups excluding carboxylic acids is 1. The molecule has 0 aliphatic rings. The molecular formula is C14H27N5O4S. The molecule has 0 aliphatic carbocycles. The van der Waals surface area contributed by atoms with Crippen LogP contribution in [0.2, 0.25) is 0 Å². The van der Waals surface area contributed by atoms with Crippen LogP contribution in [0.1, 0.15) is 34.1 Å². The summed E-state index contributed by atoms with van der Waals surface area (Å²) in [5, 5.41) is 3.51. The zero-order valence-corrected chi connectivity index (χ0v) is 15.6. The van der Waals surface area contributed by atoms with Gasteiger partial charge in [0.25, 0.3) is 15.2 Å². The highest BCUT2D eigenvalue weighted by Crippen LogP contribution is 2.10. The van der Waals surface area contributed by atoms with Gasteiger partial charge in [0, 0.05) is 32.8 Å². The fourth-order valence-corrected chi connectivity index (χ4v) is 3.46. The van der Waals surface area contributed by atoms with Crippen molar-refractivity contribution in [1.29, 1.82) is 0 Å². The molecule has 1 rings (SSSR count). The Morgan fingerprint density at radius 3 is 2.42 bits per heavy atom. The quantitative estimate of drug-likeness (QED) is 0.577. The summed E-state index contributed by atoms with van der Waals surface area (Å²) >= 11 is 0. The SMILES string of the molecule is CCCN(CCOCC)C(=O)n1cnc(S(=O)(=O)N(CC)CC)n1. The number of ether oxygens (including phenoxy) is 1. The van der Waals surface area contributed by atoms with E-state index in [0.29, 0.717) is 39.4 Å². The van der Waals surface area contributed by atoms with E-state index in [1.165, 1.54) is 4.31 Å². The first-order chi connectivity index (χ1) is 11.4. The molecule has 0 spiro atoms. The summed E-state index contributed by atoms with van der Waals surface area (Å²) in [6, 6.07) is -0.412.